The quantitative estimate of drug-likeness (QED) is 0.500. The molecule has 0 aliphatic rings. The van der Waals surface area contributed by atoms with Crippen LogP contribution in [-0.2, 0) is 16.1 Å². The lowest BCUT2D eigenvalue weighted by atomic mass is 10.1. The monoisotopic (exact) mass is 423 g/mol. The summed E-state index contributed by atoms with van der Waals surface area (Å²) in [7, 11) is 1.60. The molecule has 1 heterocycles. The van der Waals surface area contributed by atoms with Gasteiger partial charge >= 0.3 is 0 Å². The Kier molecular flexibility index (Phi) is 7.78. The molecule has 0 aliphatic carbocycles. The fraction of sp³-hybridized carbons (Fsp3) is 0.375. The largest absolute Gasteiger partial charge is 0.484 e. The van der Waals surface area contributed by atoms with Gasteiger partial charge in [-0.1, -0.05) is 37.3 Å². The molecule has 0 bridgehead atoms. The van der Waals surface area contributed by atoms with Gasteiger partial charge in [0, 0.05) is 13.7 Å². The molecule has 1 aromatic heterocycles. The Morgan fingerprint density at radius 3 is 2.48 bits per heavy atom. The van der Waals surface area contributed by atoms with E-state index in [4.69, 9.17) is 14.5 Å². The first kappa shape index (κ1) is 22.5. The van der Waals surface area contributed by atoms with Gasteiger partial charge in [0.1, 0.15) is 11.6 Å². The number of aromatic nitrogens is 2. The first-order valence-electron chi connectivity index (χ1n) is 10.6. The number of benzene rings is 2. The molecule has 0 saturated heterocycles. The van der Waals surface area contributed by atoms with Gasteiger partial charge in [-0.2, -0.15) is 0 Å². The Bertz CT molecular complexity index is 1070. The van der Waals surface area contributed by atoms with Crippen LogP contribution in [0.25, 0.3) is 10.9 Å². The number of nitrogens with zero attached hydrogens (tertiary/aromatic N) is 3. The van der Waals surface area contributed by atoms with E-state index in [-0.39, 0.29) is 24.1 Å². The van der Waals surface area contributed by atoms with E-state index in [0.717, 1.165) is 0 Å². The Hall–Kier alpha value is -3.19. The van der Waals surface area contributed by atoms with Gasteiger partial charge in [-0.3, -0.25) is 14.2 Å². The van der Waals surface area contributed by atoms with Gasteiger partial charge in [-0.05, 0) is 37.6 Å². The van der Waals surface area contributed by atoms with Crippen molar-refractivity contribution >= 4 is 16.8 Å². The van der Waals surface area contributed by atoms with Crippen LogP contribution in [0.3, 0.4) is 0 Å². The van der Waals surface area contributed by atoms with Crippen molar-refractivity contribution < 1.29 is 14.3 Å². The number of para-hydroxylation sites is 2. The van der Waals surface area contributed by atoms with Crippen LogP contribution < -0.4 is 10.3 Å². The summed E-state index contributed by atoms with van der Waals surface area (Å²) in [6, 6.07) is 16.2. The predicted octanol–water partition coefficient (Wildman–Crippen LogP) is 3.42. The van der Waals surface area contributed by atoms with Crippen molar-refractivity contribution in [2.45, 2.75) is 32.9 Å². The van der Waals surface area contributed by atoms with Crippen LogP contribution in [0.15, 0.2) is 59.4 Å². The number of rotatable bonds is 10. The molecule has 7 heteroatoms. The number of hydrogen-bond acceptors (Lipinski definition) is 5. The van der Waals surface area contributed by atoms with Gasteiger partial charge in [-0.25, -0.2) is 4.98 Å². The summed E-state index contributed by atoms with van der Waals surface area (Å²) in [5.41, 5.74) is 0.499. The average Bonchev–Trinajstić information content (AvgIpc) is 2.81. The van der Waals surface area contributed by atoms with Crippen LogP contribution in [0.2, 0.25) is 0 Å². The van der Waals surface area contributed by atoms with E-state index in [1.807, 2.05) is 62.4 Å². The minimum atomic E-state index is -0.356. The number of hydrogen-bond donors (Lipinski definition) is 0. The molecule has 2 aromatic carbocycles. The topological polar surface area (TPSA) is 73.7 Å². The van der Waals surface area contributed by atoms with E-state index in [1.54, 1.807) is 22.6 Å². The van der Waals surface area contributed by atoms with Crippen LogP contribution in [0.5, 0.6) is 5.75 Å². The Balaban J connectivity index is 1.96. The highest BCUT2D eigenvalue weighted by atomic mass is 16.5. The molecular formula is C24H29N3O4. The average molecular weight is 424 g/mol. The van der Waals surface area contributed by atoms with E-state index in [2.05, 4.69) is 0 Å². The van der Waals surface area contributed by atoms with E-state index < -0.39 is 0 Å². The minimum absolute atomic E-state index is 0.0791. The third kappa shape index (κ3) is 5.11. The SMILES string of the molecule is CCC(c1nc2ccccc2c(=O)n1CCOC)N(CC)C(=O)COc1ccccc1. The second kappa shape index (κ2) is 10.7. The van der Waals surface area contributed by atoms with Crippen molar-refractivity contribution in [1.29, 1.82) is 0 Å². The van der Waals surface area contributed by atoms with E-state index in [0.29, 0.717) is 48.6 Å². The molecule has 3 rings (SSSR count). The van der Waals surface area contributed by atoms with Gasteiger partial charge in [0.15, 0.2) is 6.61 Å². The zero-order chi connectivity index (χ0) is 22.2. The third-order valence-electron chi connectivity index (χ3n) is 5.24. The number of carbonyl (C=O) groups is 1. The molecule has 7 nitrogen and oxygen atoms in total. The number of likely N-dealkylation sites (N-methyl/N-ethyl adjacent to an activating group) is 1. The normalized spacial score (nSPS) is 12.0. The van der Waals surface area contributed by atoms with E-state index >= 15 is 0 Å². The van der Waals surface area contributed by atoms with Crippen molar-refractivity contribution in [3.05, 3.63) is 70.8 Å². The van der Waals surface area contributed by atoms with E-state index in [9.17, 15) is 9.59 Å². The summed E-state index contributed by atoms with van der Waals surface area (Å²) in [6.07, 6.45) is 0.614. The molecule has 0 aliphatic heterocycles. The second-order valence-electron chi connectivity index (χ2n) is 7.14. The number of carbonyl (C=O) groups excluding carboxylic acids is 1. The molecule has 0 saturated carbocycles. The summed E-state index contributed by atoms with van der Waals surface area (Å²) in [5.74, 6) is 1.05. The van der Waals surface area contributed by atoms with Crippen molar-refractivity contribution in [3.8, 4) is 5.75 Å². The molecule has 1 unspecified atom stereocenters. The van der Waals surface area contributed by atoms with Crippen molar-refractivity contribution in [3.63, 3.8) is 0 Å². The third-order valence-corrected chi connectivity index (χ3v) is 5.24. The molecule has 3 aromatic rings. The van der Waals surface area contributed by atoms with Crippen molar-refractivity contribution in [2.75, 3.05) is 26.9 Å². The number of amides is 1. The smallest absolute Gasteiger partial charge is 0.261 e. The van der Waals surface area contributed by atoms with Crippen molar-refractivity contribution in [1.82, 2.24) is 14.5 Å². The second-order valence-corrected chi connectivity index (χ2v) is 7.14. The number of methoxy groups -OCH3 is 1. The molecule has 0 radical (unpaired) electrons. The summed E-state index contributed by atoms with van der Waals surface area (Å²) >= 11 is 0. The highest BCUT2D eigenvalue weighted by molar-refractivity contribution is 5.79. The van der Waals surface area contributed by atoms with Crippen LogP contribution in [0.4, 0.5) is 0 Å². The molecule has 0 fully saturated rings. The van der Waals surface area contributed by atoms with Gasteiger partial charge in [0.05, 0.1) is 30.1 Å². The summed E-state index contributed by atoms with van der Waals surface area (Å²) in [6.45, 7) is 5.04. The summed E-state index contributed by atoms with van der Waals surface area (Å²) in [4.78, 5) is 32.8. The molecule has 1 amide bonds. The number of ether oxygens (including phenoxy) is 2. The summed E-state index contributed by atoms with van der Waals surface area (Å²) < 4.78 is 12.5. The minimum Gasteiger partial charge on any atom is -0.484 e. The zero-order valence-corrected chi connectivity index (χ0v) is 18.3. The zero-order valence-electron chi connectivity index (χ0n) is 18.3. The highest BCUT2D eigenvalue weighted by Crippen LogP contribution is 2.24. The Morgan fingerprint density at radius 1 is 1.10 bits per heavy atom. The van der Waals surface area contributed by atoms with Gasteiger partial charge in [-0.15, -0.1) is 0 Å². The first-order chi connectivity index (χ1) is 15.1. The number of fused-ring (bicyclic) bond motifs is 1. The lowest BCUT2D eigenvalue weighted by Gasteiger charge is -2.31. The van der Waals surface area contributed by atoms with Crippen LogP contribution >= 0.6 is 0 Å². The van der Waals surface area contributed by atoms with Crippen LogP contribution in [-0.4, -0.2) is 47.2 Å². The fourth-order valence-corrected chi connectivity index (χ4v) is 3.70. The molecule has 0 N–H and O–H groups in total. The lowest BCUT2D eigenvalue weighted by molar-refractivity contribution is -0.136. The maximum Gasteiger partial charge on any atom is 0.261 e. The van der Waals surface area contributed by atoms with Crippen LogP contribution in [0, 0.1) is 0 Å². The van der Waals surface area contributed by atoms with E-state index in [1.165, 1.54) is 0 Å². The van der Waals surface area contributed by atoms with Crippen LogP contribution in [0.1, 0.15) is 32.1 Å². The Morgan fingerprint density at radius 2 is 1.81 bits per heavy atom. The summed E-state index contributed by atoms with van der Waals surface area (Å²) in [5, 5.41) is 0.555. The lowest BCUT2D eigenvalue weighted by Crippen LogP contribution is -2.41. The Labute approximate surface area is 182 Å². The van der Waals surface area contributed by atoms with Gasteiger partial charge in [0.2, 0.25) is 0 Å². The van der Waals surface area contributed by atoms with Gasteiger partial charge < -0.3 is 14.4 Å². The molecular weight excluding hydrogens is 394 g/mol. The molecule has 164 valence electrons. The molecule has 31 heavy (non-hydrogen) atoms. The van der Waals surface area contributed by atoms with Gasteiger partial charge in [0.25, 0.3) is 11.5 Å². The predicted molar refractivity (Wildman–Crippen MR) is 120 cm³/mol. The molecule has 1 atom stereocenters. The maximum atomic E-state index is 13.2. The highest BCUT2D eigenvalue weighted by Gasteiger charge is 2.27. The fourth-order valence-electron chi connectivity index (χ4n) is 3.70. The first-order valence-corrected chi connectivity index (χ1v) is 10.6. The standard InChI is InChI=1S/C24H29N3O4/c1-4-21(26(5-2)22(28)17-31-18-11-7-6-8-12-18)23-25-20-14-10-9-13-19(20)24(29)27(23)15-16-30-3/h6-14,21H,4-5,15-17H2,1-3H3. The van der Waals surface area contributed by atoms with Crippen molar-refractivity contribution in [2.24, 2.45) is 0 Å². The maximum absolute atomic E-state index is 13.2. The molecule has 0 spiro atoms.